The van der Waals surface area contributed by atoms with Crippen molar-refractivity contribution in [3.8, 4) is 5.75 Å². The number of halogens is 4. The number of phenols is 1. The van der Waals surface area contributed by atoms with E-state index in [0.717, 1.165) is 23.9 Å². The predicted molar refractivity (Wildman–Crippen MR) is 126 cm³/mol. The average Bonchev–Trinajstić information content (AvgIpc) is 2.79. The Hall–Kier alpha value is -3.57. The minimum absolute atomic E-state index is 0.102. The number of alkyl halides is 3. The summed E-state index contributed by atoms with van der Waals surface area (Å²) < 4.78 is 67.4. The van der Waals surface area contributed by atoms with Crippen LogP contribution in [0.5, 0.6) is 5.75 Å². The number of nitrogens with one attached hydrogen (secondary N) is 1. The minimum atomic E-state index is -4.85. The number of aromatic hydroxyl groups is 1. The SMILES string of the molecule is Cc1ccc(S(=O)(=O)N(CC(=O)N/N=C\c2ccccc2O)c2ccc(Cl)c(C(F)(F)F)c2)cc1. The fourth-order valence-corrected chi connectivity index (χ4v) is 4.61. The molecule has 0 fully saturated rings. The molecule has 7 nitrogen and oxygen atoms in total. The number of carbonyl (C=O) groups excluding carboxylic acids is 1. The van der Waals surface area contributed by atoms with E-state index in [4.69, 9.17) is 11.6 Å². The molecule has 1 amide bonds. The molecule has 3 aromatic carbocycles. The number of hydrogen-bond acceptors (Lipinski definition) is 5. The topological polar surface area (TPSA) is 99.1 Å². The number of carbonyl (C=O) groups is 1. The molecule has 2 N–H and O–H groups in total. The van der Waals surface area contributed by atoms with E-state index in [1.807, 2.05) is 0 Å². The second kappa shape index (κ2) is 10.4. The van der Waals surface area contributed by atoms with Crippen LogP contribution in [0, 0.1) is 6.92 Å². The summed E-state index contributed by atoms with van der Waals surface area (Å²) >= 11 is 5.67. The van der Waals surface area contributed by atoms with Gasteiger partial charge in [0.25, 0.3) is 15.9 Å². The molecular formula is C23H19ClF3N3O4S. The number of benzene rings is 3. The Labute approximate surface area is 204 Å². The van der Waals surface area contributed by atoms with Gasteiger partial charge in [0.05, 0.1) is 27.4 Å². The zero-order valence-corrected chi connectivity index (χ0v) is 19.7. The first-order chi connectivity index (χ1) is 16.4. The third-order valence-corrected chi connectivity index (χ3v) is 6.89. The van der Waals surface area contributed by atoms with Gasteiger partial charge in [-0.25, -0.2) is 13.8 Å². The molecule has 3 rings (SSSR count). The van der Waals surface area contributed by atoms with E-state index >= 15 is 0 Å². The number of hydrazone groups is 1. The first-order valence-electron chi connectivity index (χ1n) is 9.95. The number of phenolic OH excluding ortho intramolecular Hbond substituents is 1. The Bertz CT molecular complexity index is 1360. The number of nitrogens with zero attached hydrogens (tertiary/aromatic N) is 2. The summed E-state index contributed by atoms with van der Waals surface area (Å²) in [6.07, 6.45) is -3.72. The van der Waals surface area contributed by atoms with Crippen LogP contribution in [-0.4, -0.2) is 32.2 Å². The highest BCUT2D eigenvalue weighted by molar-refractivity contribution is 7.92. The van der Waals surface area contributed by atoms with Crippen LogP contribution >= 0.6 is 11.6 Å². The van der Waals surface area contributed by atoms with Crippen molar-refractivity contribution in [1.29, 1.82) is 0 Å². The quantitative estimate of drug-likeness (QED) is 0.344. The van der Waals surface area contributed by atoms with Crippen molar-refractivity contribution in [2.75, 3.05) is 10.8 Å². The van der Waals surface area contributed by atoms with Gasteiger partial charge in [-0.1, -0.05) is 41.4 Å². The Kier molecular flexibility index (Phi) is 7.71. The van der Waals surface area contributed by atoms with Gasteiger partial charge in [-0.05, 0) is 49.4 Å². The maximum atomic E-state index is 13.4. The van der Waals surface area contributed by atoms with E-state index in [1.54, 1.807) is 19.1 Å². The van der Waals surface area contributed by atoms with Gasteiger partial charge >= 0.3 is 6.18 Å². The summed E-state index contributed by atoms with van der Waals surface area (Å²) in [5, 5.41) is 12.8. The van der Waals surface area contributed by atoms with Crippen molar-refractivity contribution in [3.63, 3.8) is 0 Å². The molecule has 0 spiro atoms. The highest BCUT2D eigenvalue weighted by Gasteiger charge is 2.35. The maximum absolute atomic E-state index is 13.4. The number of amides is 1. The van der Waals surface area contributed by atoms with Gasteiger partial charge in [-0.15, -0.1) is 0 Å². The van der Waals surface area contributed by atoms with Crippen LogP contribution in [0.2, 0.25) is 5.02 Å². The van der Waals surface area contributed by atoms with Crippen LogP contribution < -0.4 is 9.73 Å². The van der Waals surface area contributed by atoms with Crippen molar-refractivity contribution in [3.05, 3.63) is 88.4 Å². The summed E-state index contributed by atoms with van der Waals surface area (Å²) in [5.74, 6) is -1.04. The van der Waals surface area contributed by atoms with E-state index < -0.39 is 44.9 Å². The van der Waals surface area contributed by atoms with Crippen LogP contribution in [0.15, 0.2) is 76.7 Å². The first kappa shape index (κ1) is 26.0. The van der Waals surface area contributed by atoms with Gasteiger partial charge < -0.3 is 5.11 Å². The van der Waals surface area contributed by atoms with E-state index in [9.17, 15) is 31.5 Å². The van der Waals surface area contributed by atoms with Crippen LogP contribution in [0.3, 0.4) is 0 Å². The lowest BCUT2D eigenvalue weighted by atomic mass is 10.2. The molecule has 3 aromatic rings. The normalized spacial score (nSPS) is 12.0. The van der Waals surface area contributed by atoms with Crippen LogP contribution in [0.4, 0.5) is 18.9 Å². The maximum Gasteiger partial charge on any atom is 0.417 e. The Morgan fingerprint density at radius 2 is 1.77 bits per heavy atom. The summed E-state index contributed by atoms with van der Waals surface area (Å²) in [5.41, 5.74) is 1.49. The van der Waals surface area contributed by atoms with Gasteiger partial charge in [0.1, 0.15) is 12.3 Å². The van der Waals surface area contributed by atoms with Gasteiger partial charge in [0.2, 0.25) is 0 Å². The molecule has 0 unspecified atom stereocenters. The third-order valence-electron chi connectivity index (χ3n) is 4.77. The third kappa shape index (κ3) is 6.31. The van der Waals surface area contributed by atoms with Gasteiger partial charge in [0, 0.05) is 5.56 Å². The number of rotatable bonds is 7. The zero-order chi connectivity index (χ0) is 25.8. The van der Waals surface area contributed by atoms with Crippen LogP contribution in [-0.2, 0) is 21.0 Å². The zero-order valence-electron chi connectivity index (χ0n) is 18.1. The number of hydrogen-bond donors (Lipinski definition) is 2. The Morgan fingerprint density at radius 3 is 2.40 bits per heavy atom. The molecule has 0 radical (unpaired) electrons. The Balaban J connectivity index is 1.96. The summed E-state index contributed by atoms with van der Waals surface area (Å²) in [6.45, 7) is 0.853. The molecule has 0 atom stereocenters. The lowest BCUT2D eigenvalue weighted by Gasteiger charge is -2.25. The van der Waals surface area contributed by atoms with Crippen molar-refractivity contribution in [1.82, 2.24) is 5.43 Å². The van der Waals surface area contributed by atoms with Crippen molar-refractivity contribution in [2.24, 2.45) is 5.10 Å². The molecule has 0 aliphatic rings. The number of para-hydroxylation sites is 1. The van der Waals surface area contributed by atoms with E-state index in [1.165, 1.54) is 36.4 Å². The van der Waals surface area contributed by atoms with Gasteiger partial charge in [-0.2, -0.15) is 18.3 Å². The van der Waals surface area contributed by atoms with Crippen LogP contribution in [0.25, 0.3) is 0 Å². The molecule has 0 bridgehead atoms. The molecule has 184 valence electrons. The van der Waals surface area contributed by atoms with Crippen LogP contribution in [0.1, 0.15) is 16.7 Å². The molecule has 0 aromatic heterocycles. The monoisotopic (exact) mass is 525 g/mol. The number of aryl methyl sites for hydroxylation is 1. The van der Waals surface area contributed by atoms with E-state index in [-0.39, 0.29) is 16.2 Å². The highest BCUT2D eigenvalue weighted by Crippen LogP contribution is 2.38. The van der Waals surface area contributed by atoms with Crippen molar-refractivity contribution >= 4 is 39.4 Å². The molecule has 0 aliphatic carbocycles. The molecule has 12 heteroatoms. The lowest BCUT2D eigenvalue weighted by molar-refractivity contribution is -0.137. The molecular weight excluding hydrogens is 507 g/mol. The molecule has 0 heterocycles. The standard InChI is InChI=1S/C23H19ClF3N3O4S/c1-15-6-9-18(10-7-15)35(33,34)30(17-8-11-20(24)19(12-17)23(25,26)27)14-22(32)29-28-13-16-4-2-3-5-21(16)31/h2-13,31H,14H2,1H3,(H,29,32)/b28-13-. The molecule has 0 aliphatic heterocycles. The fourth-order valence-electron chi connectivity index (χ4n) is 2.97. The Morgan fingerprint density at radius 1 is 1.11 bits per heavy atom. The fraction of sp³-hybridized carbons (Fsp3) is 0.130. The second-order valence-corrected chi connectivity index (χ2v) is 9.61. The summed E-state index contributed by atoms with van der Waals surface area (Å²) in [4.78, 5) is 12.3. The first-order valence-corrected chi connectivity index (χ1v) is 11.8. The largest absolute Gasteiger partial charge is 0.507 e. The average molecular weight is 526 g/mol. The molecule has 0 saturated carbocycles. The second-order valence-electron chi connectivity index (χ2n) is 7.34. The minimum Gasteiger partial charge on any atom is -0.507 e. The molecule has 35 heavy (non-hydrogen) atoms. The predicted octanol–water partition coefficient (Wildman–Crippen LogP) is 4.72. The molecule has 0 saturated heterocycles. The van der Waals surface area contributed by atoms with Crippen molar-refractivity contribution < 1.29 is 31.5 Å². The number of sulfonamides is 1. The number of anilines is 1. The van der Waals surface area contributed by atoms with Gasteiger partial charge in [0.15, 0.2) is 0 Å². The smallest absolute Gasteiger partial charge is 0.417 e. The van der Waals surface area contributed by atoms with E-state index in [0.29, 0.717) is 10.4 Å². The summed E-state index contributed by atoms with van der Waals surface area (Å²) in [7, 11) is -4.45. The lowest BCUT2D eigenvalue weighted by Crippen LogP contribution is -2.39. The van der Waals surface area contributed by atoms with E-state index in [2.05, 4.69) is 10.5 Å². The summed E-state index contributed by atoms with van der Waals surface area (Å²) in [6, 6.07) is 14.3. The van der Waals surface area contributed by atoms with Crippen molar-refractivity contribution in [2.45, 2.75) is 18.0 Å². The van der Waals surface area contributed by atoms with Gasteiger partial charge in [-0.3, -0.25) is 9.10 Å². The highest BCUT2D eigenvalue weighted by atomic mass is 35.5.